The monoisotopic (exact) mass is 294 g/mol. The maximum atomic E-state index is 12.5. The maximum absolute atomic E-state index is 12.5. The summed E-state index contributed by atoms with van der Waals surface area (Å²) in [5, 5.41) is 3.27. The van der Waals surface area contributed by atoms with Crippen molar-refractivity contribution < 1.29 is 9.59 Å². The number of halogens is 1. The Morgan fingerprint density at radius 3 is 2.85 bits per heavy atom. The fraction of sp³-hybridized carbons (Fsp3) is 0.467. The van der Waals surface area contributed by atoms with Gasteiger partial charge in [-0.1, -0.05) is 17.7 Å². The number of benzene rings is 1. The highest BCUT2D eigenvalue weighted by Gasteiger charge is 2.29. The average Bonchev–Trinajstić information content (AvgIpc) is 2.62. The number of carbonyl (C=O) groups is 2. The highest BCUT2D eigenvalue weighted by molar-refractivity contribution is 6.33. The number of nitrogens with one attached hydrogen (secondary N) is 1. The first-order valence-corrected chi connectivity index (χ1v) is 7.19. The van der Waals surface area contributed by atoms with E-state index in [1.54, 1.807) is 19.2 Å². The smallest absolute Gasteiger partial charge is 0.255 e. The number of carbonyl (C=O) groups excluding carboxylic acids is 2. The minimum atomic E-state index is -0.414. The molecule has 0 radical (unpaired) electrons. The number of aryl methyl sites for hydroxylation is 1. The molecule has 1 aliphatic rings. The summed E-state index contributed by atoms with van der Waals surface area (Å²) in [4.78, 5) is 26.0. The molecule has 0 saturated carbocycles. The fourth-order valence-electron chi connectivity index (χ4n) is 2.42. The highest BCUT2D eigenvalue weighted by atomic mass is 35.5. The Morgan fingerprint density at radius 2 is 2.15 bits per heavy atom. The van der Waals surface area contributed by atoms with Gasteiger partial charge in [0.05, 0.1) is 10.6 Å². The lowest BCUT2D eigenvalue weighted by atomic mass is 10.1. The van der Waals surface area contributed by atoms with Gasteiger partial charge in [0.1, 0.15) is 6.04 Å². The largest absolute Gasteiger partial charge is 0.354 e. The van der Waals surface area contributed by atoms with E-state index in [0.29, 0.717) is 23.6 Å². The van der Waals surface area contributed by atoms with Crippen LogP contribution in [0.2, 0.25) is 5.02 Å². The van der Waals surface area contributed by atoms with Crippen molar-refractivity contribution in [3.05, 3.63) is 34.3 Å². The molecule has 1 fully saturated rings. The molecule has 0 aromatic heterocycles. The van der Waals surface area contributed by atoms with E-state index in [1.165, 1.54) is 4.90 Å². The number of nitrogens with zero attached hydrogens (tertiary/aromatic N) is 1. The minimum absolute atomic E-state index is 0.0819. The van der Waals surface area contributed by atoms with Crippen molar-refractivity contribution in [3.8, 4) is 0 Å². The fourth-order valence-corrected chi connectivity index (χ4v) is 2.73. The topological polar surface area (TPSA) is 49.4 Å². The van der Waals surface area contributed by atoms with Gasteiger partial charge in [-0.25, -0.2) is 0 Å². The van der Waals surface area contributed by atoms with Crippen LogP contribution in [0.4, 0.5) is 0 Å². The molecule has 1 heterocycles. The number of rotatable bonds is 2. The third kappa shape index (κ3) is 3.12. The molecule has 5 heteroatoms. The predicted molar refractivity (Wildman–Crippen MR) is 78.9 cm³/mol. The molecule has 0 aliphatic carbocycles. The summed E-state index contributed by atoms with van der Waals surface area (Å²) in [5.41, 5.74) is 1.44. The zero-order chi connectivity index (χ0) is 14.7. The molecule has 1 N–H and O–H groups in total. The first kappa shape index (κ1) is 14.9. The molecule has 108 valence electrons. The van der Waals surface area contributed by atoms with Crippen LogP contribution in [0.25, 0.3) is 0 Å². The van der Waals surface area contributed by atoms with Crippen LogP contribution in [0, 0.1) is 6.92 Å². The SMILES string of the molecule is Cc1ccc(C(=O)N(C)[C@@H]2CCCCNC2=O)c(Cl)c1. The Morgan fingerprint density at radius 1 is 1.40 bits per heavy atom. The van der Waals surface area contributed by atoms with Gasteiger partial charge in [-0.3, -0.25) is 9.59 Å². The van der Waals surface area contributed by atoms with Crippen LogP contribution in [-0.4, -0.2) is 36.3 Å². The molecule has 1 aromatic carbocycles. The Bertz CT molecular complexity index is 531. The predicted octanol–water partition coefficient (Wildman–Crippen LogP) is 2.39. The minimum Gasteiger partial charge on any atom is -0.354 e. The van der Waals surface area contributed by atoms with Crippen LogP contribution in [0.3, 0.4) is 0 Å². The molecule has 1 aromatic rings. The second-order valence-electron chi connectivity index (χ2n) is 5.20. The van der Waals surface area contributed by atoms with Gasteiger partial charge in [0.2, 0.25) is 5.91 Å². The summed E-state index contributed by atoms with van der Waals surface area (Å²) < 4.78 is 0. The standard InChI is InChI=1S/C15H19ClN2O2/c1-10-6-7-11(12(16)9-10)15(20)18(2)13-5-3-4-8-17-14(13)19/h6-7,9,13H,3-5,8H2,1-2H3,(H,17,19)/t13-/m1/s1. The molecule has 0 unspecified atom stereocenters. The summed E-state index contributed by atoms with van der Waals surface area (Å²) in [6.07, 6.45) is 2.58. The van der Waals surface area contributed by atoms with Gasteiger partial charge >= 0.3 is 0 Å². The number of hydrogen-bond donors (Lipinski definition) is 1. The second-order valence-corrected chi connectivity index (χ2v) is 5.61. The van der Waals surface area contributed by atoms with Crippen molar-refractivity contribution in [1.29, 1.82) is 0 Å². The molecule has 1 aliphatic heterocycles. The van der Waals surface area contributed by atoms with Crippen molar-refractivity contribution in [2.45, 2.75) is 32.2 Å². The molecule has 4 nitrogen and oxygen atoms in total. The van der Waals surface area contributed by atoms with Gasteiger partial charge in [0.25, 0.3) is 5.91 Å². The number of hydrogen-bond acceptors (Lipinski definition) is 2. The van der Waals surface area contributed by atoms with Crippen LogP contribution < -0.4 is 5.32 Å². The van der Waals surface area contributed by atoms with Crippen LogP contribution in [0.5, 0.6) is 0 Å². The van der Waals surface area contributed by atoms with E-state index in [4.69, 9.17) is 11.6 Å². The Balaban J connectivity index is 2.20. The lowest BCUT2D eigenvalue weighted by Crippen LogP contribution is -2.46. The van der Waals surface area contributed by atoms with E-state index >= 15 is 0 Å². The van der Waals surface area contributed by atoms with Crippen LogP contribution >= 0.6 is 11.6 Å². The third-order valence-corrected chi connectivity index (χ3v) is 3.96. The van der Waals surface area contributed by atoms with E-state index in [1.807, 2.05) is 13.0 Å². The van der Waals surface area contributed by atoms with Crippen molar-refractivity contribution >= 4 is 23.4 Å². The summed E-state index contributed by atoms with van der Waals surface area (Å²) in [5.74, 6) is -0.293. The van der Waals surface area contributed by atoms with Crippen molar-refractivity contribution in [2.75, 3.05) is 13.6 Å². The summed E-state index contributed by atoms with van der Waals surface area (Å²) in [6, 6.07) is 4.91. The normalized spacial score (nSPS) is 19.1. The van der Waals surface area contributed by atoms with Gasteiger partial charge in [0, 0.05) is 13.6 Å². The first-order valence-electron chi connectivity index (χ1n) is 6.81. The maximum Gasteiger partial charge on any atom is 0.255 e. The molecular formula is C15H19ClN2O2. The van der Waals surface area contributed by atoms with E-state index < -0.39 is 6.04 Å². The first-order chi connectivity index (χ1) is 9.50. The molecular weight excluding hydrogens is 276 g/mol. The summed E-state index contributed by atoms with van der Waals surface area (Å²) >= 11 is 6.13. The molecule has 1 saturated heterocycles. The van der Waals surface area contributed by atoms with Crippen molar-refractivity contribution in [2.24, 2.45) is 0 Å². The Hall–Kier alpha value is -1.55. The van der Waals surface area contributed by atoms with E-state index in [-0.39, 0.29) is 11.8 Å². The van der Waals surface area contributed by atoms with Gasteiger partial charge < -0.3 is 10.2 Å². The molecule has 20 heavy (non-hydrogen) atoms. The van der Waals surface area contributed by atoms with Crippen molar-refractivity contribution in [3.63, 3.8) is 0 Å². The van der Waals surface area contributed by atoms with Gasteiger partial charge in [0.15, 0.2) is 0 Å². The lowest BCUT2D eigenvalue weighted by molar-refractivity contribution is -0.125. The lowest BCUT2D eigenvalue weighted by Gasteiger charge is -2.26. The van der Waals surface area contributed by atoms with Crippen LogP contribution in [-0.2, 0) is 4.79 Å². The quantitative estimate of drug-likeness (QED) is 0.910. The van der Waals surface area contributed by atoms with Crippen LogP contribution in [0.1, 0.15) is 35.2 Å². The van der Waals surface area contributed by atoms with Crippen molar-refractivity contribution in [1.82, 2.24) is 10.2 Å². The molecule has 0 spiro atoms. The Kier molecular flexibility index (Phi) is 4.65. The highest BCUT2D eigenvalue weighted by Crippen LogP contribution is 2.21. The molecule has 2 amide bonds. The number of likely N-dealkylation sites (N-methyl/N-ethyl adjacent to an activating group) is 1. The van der Waals surface area contributed by atoms with E-state index in [2.05, 4.69) is 5.32 Å². The molecule has 0 bridgehead atoms. The van der Waals surface area contributed by atoms with E-state index in [0.717, 1.165) is 18.4 Å². The summed E-state index contributed by atoms with van der Waals surface area (Å²) in [7, 11) is 1.66. The zero-order valence-corrected chi connectivity index (χ0v) is 12.5. The Labute approximate surface area is 124 Å². The second kappa shape index (κ2) is 6.27. The van der Waals surface area contributed by atoms with Gasteiger partial charge in [-0.2, -0.15) is 0 Å². The van der Waals surface area contributed by atoms with Gasteiger partial charge in [-0.15, -0.1) is 0 Å². The summed E-state index contributed by atoms with van der Waals surface area (Å²) in [6.45, 7) is 2.60. The zero-order valence-electron chi connectivity index (χ0n) is 11.8. The van der Waals surface area contributed by atoms with E-state index in [9.17, 15) is 9.59 Å². The third-order valence-electron chi connectivity index (χ3n) is 3.65. The van der Waals surface area contributed by atoms with Gasteiger partial charge in [-0.05, 0) is 43.9 Å². The number of amides is 2. The molecule has 1 atom stereocenters. The average molecular weight is 295 g/mol. The molecule has 2 rings (SSSR count). The van der Waals surface area contributed by atoms with Crippen LogP contribution in [0.15, 0.2) is 18.2 Å².